The summed E-state index contributed by atoms with van der Waals surface area (Å²) in [6.45, 7) is 6.19. The Morgan fingerprint density at radius 2 is 2.14 bits per heavy atom. The predicted octanol–water partition coefficient (Wildman–Crippen LogP) is 2.77. The van der Waals surface area contributed by atoms with Crippen molar-refractivity contribution in [2.45, 2.75) is 31.3 Å². The largest absolute Gasteiger partial charge is 0.313 e. The Labute approximate surface area is 133 Å². The fourth-order valence-corrected chi connectivity index (χ4v) is 4.05. The SMILES string of the molecule is CNC(CCN1CCN2CCCC2C1)c1ccccc1Cl. The van der Waals surface area contributed by atoms with Crippen LogP contribution in [0.3, 0.4) is 0 Å². The van der Waals surface area contributed by atoms with Gasteiger partial charge < -0.3 is 10.2 Å². The maximum absolute atomic E-state index is 6.33. The van der Waals surface area contributed by atoms with Crippen molar-refractivity contribution in [3.05, 3.63) is 34.9 Å². The lowest BCUT2D eigenvalue weighted by atomic mass is 10.0. The van der Waals surface area contributed by atoms with Gasteiger partial charge in [-0.25, -0.2) is 0 Å². The predicted molar refractivity (Wildman–Crippen MR) is 88.9 cm³/mol. The third-order valence-electron chi connectivity index (χ3n) is 5.03. The quantitative estimate of drug-likeness (QED) is 0.902. The van der Waals surface area contributed by atoms with Crippen LogP contribution in [0.25, 0.3) is 0 Å². The summed E-state index contributed by atoms with van der Waals surface area (Å²) in [6.07, 6.45) is 3.89. The second-order valence-corrected chi connectivity index (χ2v) is 6.69. The summed E-state index contributed by atoms with van der Waals surface area (Å²) in [4.78, 5) is 5.30. The molecule has 2 saturated heterocycles. The van der Waals surface area contributed by atoms with Crippen LogP contribution in [0.4, 0.5) is 0 Å². The van der Waals surface area contributed by atoms with Gasteiger partial charge in [0.2, 0.25) is 0 Å². The fraction of sp³-hybridized carbons (Fsp3) is 0.647. The highest BCUT2D eigenvalue weighted by molar-refractivity contribution is 6.31. The van der Waals surface area contributed by atoms with Gasteiger partial charge in [0.15, 0.2) is 0 Å². The second-order valence-electron chi connectivity index (χ2n) is 6.28. The zero-order chi connectivity index (χ0) is 14.7. The number of hydrogen-bond donors (Lipinski definition) is 1. The molecule has 2 aliphatic heterocycles. The number of rotatable bonds is 5. The number of fused-ring (bicyclic) bond motifs is 1. The van der Waals surface area contributed by atoms with Crippen molar-refractivity contribution in [2.75, 3.05) is 39.8 Å². The molecular formula is C17H26ClN3. The summed E-state index contributed by atoms with van der Waals surface area (Å²) >= 11 is 6.33. The van der Waals surface area contributed by atoms with Crippen molar-refractivity contribution in [1.82, 2.24) is 15.1 Å². The molecule has 1 N–H and O–H groups in total. The van der Waals surface area contributed by atoms with Crippen LogP contribution in [0.2, 0.25) is 5.02 Å². The van der Waals surface area contributed by atoms with Crippen LogP contribution in [0.15, 0.2) is 24.3 Å². The number of piperazine rings is 1. The molecule has 2 fully saturated rings. The Hall–Kier alpha value is -0.610. The van der Waals surface area contributed by atoms with E-state index in [1.165, 1.54) is 44.6 Å². The molecule has 4 heteroatoms. The lowest BCUT2D eigenvalue weighted by Gasteiger charge is -2.38. The van der Waals surface area contributed by atoms with Crippen molar-refractivity contribution >= 4 is 11.6 Å². The van der Waals surface area contributed by atoms with Crippen molar-refractivity contribution in [2.24, 2.45) is 0 Å². The lowest BCUT2D eigenvalue weighted by Crippen LogP contribution is -2.50. The Balaban J connectivity index is 1.55. The summed E-state index contributed by atoms with van der Waals surface area (Å²) in [5, 5.41) is 4.30. The number of hydrogen-bond acceptors (Lipinski definition) is 3. The van der Waals surface area contributed by atoms with Crippen LogP contribution in [0.1, 0.15) is 30.9 Å². The molecule has 1 aromatic rings. The van der Waals surface area contributed by atoms with Gasteiger partial charge in [-0.05, 0) is 44.5 Å². The molecule has 116 valence electrons. The summed E-state index contributed by atoms with van der Waals surface area (Å²) in [7, 11) is 2.03. The van der Waals surface area contributed by atoms with Gasteiger partial charge in [-0.2, -0.15) is 0 Å². The van der Waals surface area contributed by atoms with E-state index in [0.29, 0.717) is 6.04 Å². The minimum atomic E-state index is 0.348. The maximum atomic E-state index is 6.33. The smallest absolute Gasteiger partial charge is 0.0453 e. The average molecular weight is 308 g/mol. The van der Waals surface area contributed by atoms with E-state index in [1.807, 2.05) is 19.2 Å². The minimum absolute atomic E-state index is 0.348. The molecule has 3 nitrogen and oxygen atoms in total. The van der Waals surface area contributed by atoms with E-state index in [4.69, 9.17) is 11.6 Å². The highest BCUT2D eigenvalue weighted by Gasteiger charge is 2.30. The molecule has 0 bridgehead atoms. The van der Waals surface area contributed by atoms with Gasteiger partial charge in [0.05, 0.1) is 0 Å². The van der Waals surface area contributed by atoms with Crippen molar-refractivity contribution in [3.63, 3.8) is 0 Å². The van der Waals surface area contributed by atoms with Gasteiger partial charge in [-0.1, -0.05) is 29.8 Å². The van der Waals surface area contributed by atoms with E-state index in [0.717, 1.165) is 24.0 Å². The van der Waals surface area contributed by atoms with Crippen molar-refractivity contribution in [3.8, 4) is 0 Å². The van der Waals surface area contributed by atoms with Gasteiger partial charge in [0, 0.05) is 43.3 Å². The summed E-state index contributed by atoms with van der Waals surface area (Å²) in [5.74, 6) is 0. The van der Waals surface area contributed by atoms with Crippen LogP contribution >= 0.6 is 11.6 Å². The molecule has 2 aliphatic rings. The van der Waals surface area contributed by atoms with Crippen molar-refractivity contribution < 1.29 is 0 Å². The van der Waals surface area contributed by atoms with Gasteiger partial charge in [0.25, 0.3) is 0 Å². The maximum Gasteiger partial charge on any atom is 0.0453 e. The number of halogens is 1. The molecule has 0 aromatic heterocycles. The van der Waals surface area contributed by atoms with E-state index in [1.54, 1.807) is 0 Å². The van der Waals surface area contributed by atoms with E-state index in [9.17, 15) is 0 Å². The highest BCUT2D eigenvalue weighted by Crippen LogP contribution is 2.26. The number of nitrogens with zero attached hydrogens (tertiary/aromatic N) is 2. The standard InChI is InChI=1S/C17H26ClN3/c1-19-17(15-6-2-3-7-16(15)18)8-10-20-11-12-21-9-4-5-14(21)13-20/h2-3,6-7,14,17,19H,4-5,8-13H2,1H3. The molecule has 0 spiro atoms. The van der Waals surface area contributed by atoms with Gasteiger partial charge in [-0.15, -0.1) is 0 Å². The molecular weight excluding hydrogens is 282 g/mol. The molecule has 1 aromatic carbocycles. The zero-order valence-electron chi connectivity index (χ0n) is 12.9. The number of benzene rings is 1. The summed E-state index contributed by atoms with van der Waals surface area (Å²) in [5.41, 5.74) is 1.22. The first-order valence-corrected chi connectivity index (χ1v) is 8.54. The fourth-order valence-electron chi connectivity index (χ4n) is 3.78. The third kappa shape index (κ3) is 3.59. The van der Waals surface area contributed by atoms with Crippen LogP contribution in [0.5, 0.6) is 0 Å². The normalized spacial score (nSPS) is 25.0. The van der Waals surface area contributed by atoms with Crippen LogP contribution < -0.4 is 5.32 Å². The van der Waals surface area contributed by atoms with Crippen LogP contribution in [0, 0.1) is 0 Å². The molecule has 0 saturated carbocycles. The van der Waals surface area contributed by atoms with Gasteiger partial charge >= 0.3 is 0 Å². The topological polar surface area (TPSA) is 18.5 Å². The number of nitrogens with one attached hydrogen (secondary N) is 1. The first kappa shape index (κ1) is 15.3. The van der Waals surface area contributed by atoms with Gasteiger partial charge in [-0.3, -0.25) is 4.90 Å². The van der Waals surface area contributed by atoms with E-state index in [2.05, 4.69) is 27.2 Å². The first-order chi connectivity index (χ1) is 10.3. The van der Waals surface area contributed by atoms with Crippen LogP contribution in [-0.4, -0.2) is 55.6 Å². The van der Waals surface area contributed by atoms with Crippen molar-refractivity contribution in [1.29, 1.82) is 0 Å². The average Bonchev–Trinajstić information content (AvgIpc) is 2.97. The molecule has 0 amide bonds. The molecule has 2 heterocycles. The summed E-state index contributed by atoms with van der Waals surface area (Å²) in [6, 6.07) is 9.35. The van der Waals surface area contributed by atoms with E-state index in [-0.39, 0.29) is 0 Å². The molecule has 2 unspecified atom stereocenters. The van der Waals surface area contributed by atoms with Crippen LogP contribution in [-0.2, 0) is 0 Å². The van der Waals surface area contributed by atoms with E-state index >= 15 is 0 Å². The molecule has 3 rings (SSSR count). The monoisotopic (exact) mass is 307 g/mol. The Morgan fingerprint density at radius 3 is 2.95 bits per heavy atom. The second kappa shape index (κ2) is 7.10. The summed E-state index contributed by atoms with van der Waals surface area (Å²) < 4.78 is 0. The first-order valence-electron chi connectivity index (χ1n) is 8.16. The molecule has 21 heavy (non-hydrogen) atoms. The molecule has 0 radical (unpaired) electrons. The van der Waals surface area contributed by atoms with E-state index < -0.39 is 0 Å². The Bertz CT molecular complexity index is 465. The van der Waals surface area contributed by atoms with Gasteiger partial charge in [0.1, 0.15) is 0 Å². The Kier molecular flexibility index (Phi) is 5.17. The third-order valence-corrected chi connectivity index (χ3v) is 5.38. The molecule has 0 aliphatic carbocycles. The zero-order valence-corrected chi connectivity index (χ0v) is 13.6. The molecule has 2 atom stereocenters. The highest BCUT2D eigenvalue weighted by atomic mass is 35.5. The lowest BCUT2D eigenvalue weighted by molar-refractivity contribution is 0.101. The minimum Gasteiger partial charge on any atom is -0.313 e. The Morgan fingerprint density at radius 1 is 1.29 bits per heavy atom.